The van der Waals surface area contributed by atoms with Crippen molar-refractivity contribution in [2.24, 2.45) is 0 Å². The molecular formula is C12H14N2S. The summed E-state index contributed by atoms with van der Waals surface area (Å²) in [7, 11) is 1.96. The van der Waals surface area contributed by atoms with E-state index in [9.17, 15) is 0 Å². The minimum absolute atomic E-state index is 0.913. The maximum Gasteiger partial charge on any atom is 0.0901 e. The summed E-state index contributed by atoms with van der Waals surface area (Å²) < 4.78 is 0. The van der Waals surface area contributed by atoms with Crippen LogP contribution < -0.4 is 5.32 Å². The lowest BCUT2D eigenvalue weighted by Crippen LogP contribution is -2.04. The third-order valence-electron chi connectivity index (χ3n) is 2.25. The Morgan fingerprint density at radius 1 is 1.27 bits per heavy atom. The first-order valence-electron chi connectivity index (χ1n) is 4.95. The fourth-order valence-corrected chi connectivity index (χ4v) is 2.12. The van der Waals surface area contributed by atoms with Crippen LogP contribution in [-0.4, -0.2) is 12.0 Å². The number of thiazole rings is 1. The van der Waals surface area contributed by atoms with Crippen LogP contribution in [0.5, 0.6) is 0 Å². The molecule has 0 aliphatic carbocycles. The Hall–Kier alpha value is -1.19. The number of benzene rings is 1. The van der Waals surface area contributed by atoms with Gasteiger partial charge in [0.05, 0.1) is 10.7 Å². The van der Waals surface area contributed by atoms with Gasteiger partial charge < -0.3 is 5.32 Å². The highest BCUT2D eigenvalue weighted by Crippen LogP contribution is 2.21. The Bertz CT molecular complexity index is 431. The van der Waals surface area contributed by atoms with Crippen LogP contribution in [0.15, 0.2) is 29.6 Å². The third kappa shape index (κ3) is 2.43. The molecule has 0 radical (unpaired) electrons. The van der Waals surface area contributed by atoms with Crippen molar-refractivity contribution in [2.45, 2.75) is 13.5 Å². The Morgan fingerprint density at radius 2 is 2.00 bits per heavy atom. The molecule has 0 spiro atoms. The zero-order valence-corrected chi connectivity index (χ0v) is 9.77. The van der Waals surface area contributed by atoms with Gasteiger partial charge in [-0.1, -0.05) is 24.3 Å². The molecule has 1 aromatic heterocycles. The molecule has 1 N–H and O–H groups in total. The first-order valence-corrected chi connectivity index (χ1v) is 5.83. The van der Waals surface area contributed by atoms with Crippen molar-refractivity contribution in [3.8, 4) is 11.3 Å². The van der Waals surface area contributed by atoms with Crippen LogP contribution in [0.4, 0.5) is 0 Å². The van der Waals surface area contributed by atoms with Gasteiger partial charge in [-0.05, 0) is 19.5 Å². The monoisotopic (exact) mass is 218 g/mol. The van der Waals surface area contributed by atoms with Crippen molar-refractivity contribution in [1.29, 1.82) is 0 Å². The highest BCUT2D eigenvalue weighted by molar-refractivity contribution is 7.09. The maximum atomic E-state index is 4.46. The first kappa shape index (κ1) is 10.3. The lowest BCUT2D eigenvalue weighted by molar-refractivity contribution is 0.818. The van der Waals surface area contributed by atoms with Gasteiger partial charge in [0.2, 0.25) is 0 Å². The molecule has 2 nitrogen and oxygen atoms in total. The van der Waals surface area contributed by atoms with E-state index in [1.165, 1.54) is 11.1 Å². The number of nitrogens with zero attached hydrogens (tertiary/aromatic N) is 1. The average molecular weight is 218 g/mol. The summed E-state index contributed by atoms with van der Waals surface area (Å²) in [5, 5.41) is 6.35. The van der Waals surface area contributed by atoms with Crippen LogP contribution >= 0.6 is 11.3 Å². The topological polar surface area (TPSA) is 24.9 Å². The van der Waals surface area contributed by atoms with E-state index in [1.807, 2.05) is 14.0 Å². The van der Waals surface area contributed by atoms with Gasteiger partial charge in [0.15, 0.2) is 0 Å². The summed E-state index contributed by atoms with van der Waals surface area (Å²) in [6, 6.07) is 8.53. The lowest BCUT2D eigenvalue weighted by atomic mass is 10.1. The van der Waals surface area contributed by atoms with Crippen LogP contribution in [0.1, 0.15) is 10.6 Å². The molecule has 0 amide bonds. The molecule has 0 bridgehead atoms. The van der Waals surface area contributed by atoms with Gasteiger partial charge in [-0.2, -0.15) is 0 Å². The molecule has 2 rings (SSSR count). The Balaban J connectivity index is 2.23. The fraction of sp³-hybridized carbons (Fsp3) is 0.250. The number of rotatable bonds is 3. The quantitative estimate of drug-likeness (QED) is 0.857. The van der Waals surface area contributed by atoms with Crippen LogP contribution in [0, 0.1) is 6.92 Å². The normalized spacial score (nSPS) is 10.5. The van der Waals surface area contributed by atoms with E-state index in [-0.39, 0.29) is 0 Å². The van der Waals surface area contributed by atoms with Gasteiger partial charge in [-0.15, -0.1) is 11.3 Å². The molecule has 15 heavy (non-hydrogen) atoms. The predicted molar refractivity (Wildman–Crippen MR) is 65.1 cm³/mol. The molecule has 0 atom stereocenters. The average Bonchev–Trinajstić information content (AvgIpc) is 2.67. The largest absolute Gasteiger partial charge is 0.316 e. The van der Waals surface area contributed by atoms with Gasteiger partial charge in [-0.3, -0.25) is 0 Å². The van der Waals surface area contributed by atoms with Crippen LogP contribution in [0.25, 0.3) is 11.3 Å². The van der Waals surface area contributed by atoms with E-state index in [0.717, 1.165) is 17.2 Å². The Morgan fingerprint density at radius 3 is 2.53 bits per heavy atom. The van der Waals surface area contributed by atoms with Crippen molar-refractivity contribution in [3.05, 3.63) is 40.2 Å². The highest BCUT2D eigenvalue weighted by Gasteiger charge is 2.01. The molecule has 0 aliphatic rings. The lowest BCUT2D eigenvalue weighted by Gasteiger charge is -2.01. The molecule has 0 fully saturated rings. The Kier molecular flexibility index (Phi) is 3.14. The maximum absolute atomic E-state index is 4.46. The number of hydrogen-bond acceptors (Lipinski definition) is 3. The second-order valence-electron chi connectivity index (χ2n) is 3.48. The number of aromatic nitrogens is 1. The molecule has 3 heteroatoms. The molecule has 2 aromatic rings. The summed E-state index contributed by atoms with van der Waals surface area (Å²) >= 11 is 1.69. The van der Waals surface area contributed by atoms with Crippen molar-refractivity contribution >= 4 is 11.3 Å². The van der Waals surface area contributed by atoms with Gasteiger partial charge in [-0.25, -0.2) is 4.98 Å². The summed E-state index contributed by atoms with van der Waals surface area (Å²) in [6.45, 7) is 2.94. The molecule has 0 saturated heterocycles. The van der Waals surface area contributed by atoms with Crippen LogP contribution in [-0.2, 0) is 6.54 Å². The van der Waals surface area contributed by atoms with E-state index >= 15 is 0 Å². The molecular weight excluding hydrogens is 204 g/mol. The SMILES string of the molecule is CNCc1ccc(-c2csc(C)n2)cc1. The van der Waals surface area contributed by atoms with Gasteiger partial charge in [0, 0.05) is 17.5 Å². The zero-order valence-electron chi connectivity index (χ0n) is 8.95. The standard InChI is InChI=1S/C12H14N2S/c1-9-14-12(8-15-9)11-5-3-10(4-6-11)7-13-2/h3-6,8,13H,7H2,1-2H3. The summed E-state index contributed by atoms with van der Waals surface area (Å²) in [5.41, 5.74) is 3.57. The van der Waals surface area contributed by atoms with Crippen molar-refractivity contribution in [3.63, 3.8) is 0 Å². The smallest absolute Gasteiger partial charge is 0.0901 e. The Labute approximate surface area is 94.0 Å². The number of hydrogen-bond donors (Lipinski definition) is 1. The van der Waals surface area contributed by atoms with E-state index < -0.39 is 0 Å². The molecule has 0 aliphatic heterocycles. The summed E-state index contributed by atoms with van der Waals surface area (Å²) in [5.74, 6) is 0. The second-order valence-corrected chi connectivity index (χ2v) is 4.54. The van der Waals surface area contributed by atoms with Crippen molar-refractivity contribution < 1.29 is 0 Å². The van der Waals surface area contributed by atoms with Crippen molar-refractivity contribution in [2.75, 3.05) is 7.05 Å². The highest BCUT2D eigenvalue weighted by atomic mass is 32.1. The number of aryl methyl sites for hydroxylation is 1. The van der Waals surface area contributed by atoms with E-state index in [4.69, 9.17) is 0 Å². The minimum Gasteiger partial charge on any atom is -0.316 e. The third-order valence-corrected chi connectivity index (χ3v) is 3.02. The van der Waals surface area contributed by atoms with Crippen LogP contribution in [0.3, 0.4) is 0 Å². The van der Waals surface area contributed by atoms with Gasteiger partial charge in [0.1, 0.15) is 0 Å². The van der Waals surface area contributed by atoms with Gasteiger partial charge >= 0.3 is 0 Å². The van der Waals surface area contributed by atoms with Gasteiger partial charge in [0.25, 0.3) is 0 Å². The van der Waals surface area contributed by atoms with E-state index in [2.05, 4.69) is 39.9 Å². The van der Waals surface area contributed by atoms with E-state index in [0.29, 0.717) is 0 Å². The molecule has 78 valence electrons. The predicted octanol–water partition coefficient (Wildman–Crippen LogP) is 2.84. The second kappa shape index (κ2) is 4.55. The summed E-state index contributed by atoms with van der Waals surface area (Å²) in [6.07, 6.45) is 0. The fourth-order valence-electron chi connectivity index (χ4n) is 1.49. The molecule has 1 heterocycles. The van der Waals surface area contributed by atoms with Crippen molar-refractivity contribution in [1.82, 2.24) is 10.3 Å². The molecule has 0 saturated carbocycles. The molecule has 0 unspecified atom stereocenters. The minimum atomic E-state index is 0.913. The zero-order chi connectivity index (χ0) is 10.7. The summed E-state index contributed by atoms with van der Waals surface area (Å²) in [4.78, 5) is 4.46. The van der Waals surface area contributed by atoms with E-state index in [1.54, 1.807) is 11.3 Å². The molecule has 1 aromatic carbocycles. The van der Waals surface area contributed by atoms with Crippen LogP contribution in [0.2, 0.25) is 0 Å². The number of nitrogens with one attached hydrogen (secondary N) is 1. The first-order chi connectivity index (χ1) is 7.29.